The number of benzene rings is 1. The van der Waals surface area contributed by atoms with E-state index in [4.69, 9.17) is 21.7 Å². The highest BCUT2D eigenvalue weighted by molar-refractivity contribution is 8.13. The number of hydrogen-bond acceptors (Lipinski definition) is 4. The normalized spacial score (nSPS) is 11.5. The molecule has 0 saturated heterocycles. The second-order valence-corrected chi connectivity index (χ2v) is 5.64. The summed E-state index contributed by atoms with van der Waals surface area (Å²) in [6.45, 7) is -0.271. The Morgan fingerprint density at radius 1 is 1.47 bits per heavy atom. The maximum absolute atomic E-state index is 12.6. The standard InChI is InChI=1S/C9H7ClF2N2O2S/c10-17(15,16)8-2-5(3-13)7(9(11)12)1-6(8)4-14/h1-2,9H,4,14H2. The van der Waals surface area contributed by atoms with Gasteiger partial charge in [0, 0.05) is 22.8 Å². The van der Waals surface area contributed by atoms with Gasteiger partial charge in [0.15, 0.2) is 0 Å². The monoisotopic (exact) mass is 280 g/mol. The lowest BCUT2D eigenvalue weighted by Crippen LogP contribution is -2.07. The zero-order valence-electron chi connectivity index (χ0n) is 8.32. The van der Waals surface area contributed by atoms with Crippen LogP contribution in [0.2, 0.25) is 0 Å². The van der Waals surface area contributed by atoms with Crippen LogP contribution in [0.5, 0.6) is 0 Å². The molecule has 0 saturated carbocycles. The van der Waals surface area contributed by atoms with Gasteiger partial charge in [-0.05, 0) is 17.7 Å². The summed E-state index contributed by atoms with van der Waals surface area (Å²) in [4.78, 5) is -0.414. The zero-order valence-corrected chi connectivity index (χ0v) is 9.89. The Morgan fingerprint density at radius 3 is 2.41 bits per heavy atom. The molecule has 0 unspecified atom stereocenters. The summed E-state index contributed by atoms with van der Waals surface area (Å²) in [6, 6.07) is 3.20. The van der Waals surface area contributed by atoms with E-state index in [1.54, 1.807) is 0 Å². The molecule has 0 spiro atoms. The van der Waals surface area contributed by atoms with E-state index in [2.05, 4.69) is 0 Å². The average Bonchev–Trinajstić information content (AvgIpc) is 2.25. The van der Waals surface area contributed by atoms with E-state index in [0.717, 1.165) is 12.1 Å². The summed E-state index contributed by atoms with van der Waals surface area (Å²) in [5.74, 6) is 0. The van der Waals surface area contributed by atoms with Crippen LogP contribution in [0.25, 0.3) is 0 Å². The Balaban J connectivity index is 3.62. The number of rotatable bonds is 3. The van der Waals surface area contributed by atoms with Gasteiger partial charge in [-0.2, -0.15) is 5.26 Å². The minimum Gasteiger partial charge on any atom is -0.326 e. The van der Waals surface area contributed by atoms with E-state index >= 15 is 0 Å². The highest BCUT2D eigenvalue weighted by atomic mass is 35.7. The summed E-state index contributed by atoms with van der Waals surface area (Å²) in [5, 5.41) is 8.67. The molecule has 0 heterocycles. The molecule has 0 aliphatic rings. The molecule has 0 fully saturated rings. The summed E-state index contributed by atoms with van der Waals surface area (Å²) in [7, 11) is 0.999. The van der Waals surface area contributed by atoms with Gasteiger partial charge in [-0.15, -0.1) is 0 Å². The molecule has 0 radical (unpaired) electrons. The van der Waals surface area contributed by atoms with Crippen molar-refractivity contribution in [2.24, 2.45) is 5.73 Å². The lowest BCUT2D eigenvalue weighted by Gasteiger charge is -2.09. The molecule has 0 aliphatic heterocycles. The van der Waals surface area contributed by atoms with Crippen molar-refractivity contribution in [3.63, 3.8) is 0 Å². The Morgan fingerprint density at radius 2 is 2.06 bits per heavy atom. The van der Waals surface area contributed by atoms with Crippen molar-refractivity contribution in [1.29, 1.82) is 5.26 Å². The van der Waals surface area contributed by atoms with Gasteiger partial charge >= 0.3 is 0 Å². The minimum atomic E-state index is -4.12. The second-order valence-electron chi connectivity index (χ2n) is 3.10. The third-order valence-electron chi connectivity index (χ3n) is 2.07. The topological polar surface area (TPSA) is 84.0 Å². The van der Waals surface area contributed by atoms with Crippen LogP contribution < -0.4 is 5.73 Å². The molecule has 0 aromatic heterocycles. The maximum Gasteiger partial charge on any atom is 0.265 e. The molecule has 2 N–H and O–H groups in total. The van der Waals surface area contributed by atoms with Gasteiger partial charge in [-0.3, -0.25) is 0 Å². The highest BCUT2D eigenvalue weighted by Gasteiger charge is 2.21. The molecular weight excluding hydrogens is 274 g/mol. The summed E-state index contributed by atoms with van der Waals surface area (Å²) < 4.78 is 47.5. The molecule has 0 amide bonds. The molecule has 0 bridgehead atoms. The smallest absolute Gasteiger partial charge is 0.265 e. The van der Waals surface area contributed by atoms with Crippen molar-refractivity contribution < 1.29 is 17.2 Å². The van der Waals surface area contributed by atoms with Gasteiger partial charge in [-0.25, -0.2) is 17.2 Å². The van der Waals surface area contributed by atoms with Crippen LogP contribution in [0.1, 0.15) is 23.1 Å². The predicted molar refractivity (Wildman–Crippen MR) is 57.0 cm³/mol. The number of hydrogen-bond donors (Lipinski definition) is 1. The fourth-order valence-electron chi connectivity index (χ4n) is 1.31. The zero-order chi connectivity index (χ0) is 13.2. The number of nitrogens with two attached hydrogens (primary N) is 1. The Labute approximate surface area is 101 Å². The second kappa shape index (κ2) is 4.96. The minimum absolute atomic E-state index is 0.0469. The fourth-order valence-corrected chi connectivity index (χ4v) is 2.45. The quantitative estimate of drug-likeness (QED) is 0.857. The first-order valence-electron chi connectivity index (χ1n) is 4.31. The molecule has 4 nitrogen and oxygen atoms in total. The molecule has 1 rings (SSSR count). The van der Waals surface area contributed by atoms with Crippen molar-refractivity contribution in [3.8, 4) is 6.07 Å². The van der Waals surface area contributed by atoms with Crippen molar-refractivity contribution in [2.45, 2.75) is 17.9 Å². The lowest BCUT2D eigenvalue weighted by atomic mass is 10.0. The van der Waals surface area contributed by atoms with Crippen LogP contribution in [0.3, 0.4) is 0 Å². The third-order valence-corrected chi connectivity index (χ3v) is 3.47. The first-order valence-corrected chi connectivity index (χ1v) is 6.62. The molecule has 8 heteroatoms. The van der Waals surface area contributed by atoms with Crippen molar-refractivity contribution in [3.05, 3.63) is 28.8 Å². The molecule has 0 atom stereocenters. The van der Waals surface area contributed by atoms with Gasteiger partial charge in [0.1, 0.15) is 0 Å². The van der Waals surface area contributed by atoms with Gasteiger partial charge in [0.2, 0.25) is 0 Å². The number of nitrogens with zero attached hydrogens (tertiary/aromatic N) is 1. The van der Waals surface area contributed by atoms with E-state index in [1.807, 2.05) is 0 Å². The van der Waals surface area contributed by atoms with E-state index in [1.165, 1.54) is 6.07 Å². The first kappa shape index (κ1) is 13.8. The molecule has 0 aliphatic carbocycles. The van der Waals surface area contributed by atoms with Gasteiger partial charge in [0.05, 0.1) is 16.5 Å². The molecule has 1 aromatic rings. The molecule has 1 aromatic carbocycles. The molecule has 17 heavy (non-hydrogen) atoms. The van der Waals surface area contributed by atoms with Crippen LogP contribution in [0.15, 0.2) is 17.0 Å². The SMILES string of the molecule is N#Cc1cc(S(=O)(=O)Cl)c(CN)cc1C(F)F. The number of halogens is 3. The molecule has 92 valence electrons. The Hall–Kier alpha value is -1.23. The lowest BCUT2D eigenvalue weighted by molar-refractivity contribution is 0.151. The fraction of sp³-hybridized carbons (Fsp3) is 0.222. The average molecular weight is 281 g/mol. The van der Waals surface area contributed by atoms with E-state index in [9.17, 15) is 17.2 Å². The van der Waals surface area contributed by atoms with E-state index in [-0.39, 0.29) is 12.1 Å². The van der Waals surface area contributed by atoms with Crippen molar-refractivity contribution in [1.82, 2.24) is 0 Å². The predicted octanol–water partition coefficient (Wildman–Crippen LogP) is 1.88. The summed E-state index contributed by atoms with van der Waals surface area (Å²) >= 11 is 0. The summed E-state index contributed by atoms with van der Waals surface area (Å²) in [5.41, 5.74) is 4.22. The van der Waals surface area contributed by atoms with Crippen LogP contribution in [0.4, 0.5) is 8.78 Å². The Kier molecular flexibility index (Phi) is 4.03. The van der Waals surface area contributed by atoms with E-state index in [0.29, 0.717) is 0 Å². The van der Waals surface area contributed by atoms with Gasteiger partial charge in [-0.1, -0.05) is 0 Å². The van der Waals surface area contributed by atoms with Crippen LogP contribution in [-0.2, 0) is 15.6 Å². The Bertz CT molecular complexity index is 581. The van der Waals surface area contributed by atoms with Crippen molar-refractivity contribution in [2.75, 3.05) is 0 Å². The van der Waals surface area contributed by atoms with Crippen LogP contribution in [0, 0.1) is 11.3 Å². The maximum atomic E-state index is 12.6. The largest absolute Gasteiger partial charge is 0.326 e. The third kappa shape index (κ3) is 2.91. The van der Waals surface area contributed by atoms with Gasteiger partial charge < -0.3 is 5.73 Å². The highest BCUT2D eigenvalue weighted by Crippen LogP contribution is 2.29. The number of alkyl halides is 2. The van der Waals surface area contributed by atoms with E-state index < -0.39 is 31.5 Å². The van der Waals surface area contributed by atoms with Crippen LogP contribution in [-0.4, -0.2) is 8.42 Å². The molecular formula is C9H7ClF2N2O2S. The van der Waals surface area contributed by atoms with Crippen LogP contribution >= 0.6 is 10.7 Å². The summed E-state index contributed by atoms with van der Waals surface area (Å²) in [6.07, 6.45) is -2.89. The number of nitriles is 1. The van der Waals surface area contributed by atoms with Gasteiger partial charge in [0.25, 0.3) is 15.5 Å². The first-order chi connectivity index (χ1) is 7.81. The van der Waals surface area contributed by atoms with Crippen molar-refractivity contribution >= 4 is 19.7 Å².